The van der Waals surface area contributed by atoms with Crippen molar-refractivity contribution in [2.24, 2.45) is 5.41 Å². The highest BCUT2D eigenvalue weighted by molar-refractivity contribution is 5.76. The highest BCUT2D eigenvalue weighted by atomic mass is 15.2. The first kappa shape index (κ1) is 21.6. The van der Waals surface area contributed by atoms with Gasteiger partial charge in [0.1, 0.15) is 22.9 Å². The van der Waals surface area contributed by atoms with Gasteiger partial charge < -0.3 is 5.32 Å². The molecule has 0 spiro atoms. The zero-order valence-electron chi connectivity index (χ0n) is 19.5. The molecular weight excluding hydrogens is 392 g/mol. The number of aromatic nitrogens is 3. The van der Waals surface area contributed by atoms with Gasteiger partial charge in [-0.3, -0.25) is 4.40 Å². The summed E-state index contributed by atoms with van der Waals surface area (Å²) in [7, 11) is 0. The first-order valence-electron chi connectivity index (χ1n) is 11.0. The van der Waals surface area contributed by atoms with Crippen molar-refractivity contribution in [1.29, 1.82) is 0 Å². The quantitative estimate of drug-likeness (QED) is 0.386. The summed E-state index contributed by atoms with van der Waals surface area (Å²) in [6.45, 7) is 11.3. The molecule has 0 aliphatic carbocycles. The standard InChI is InChI=1S/C28H30N4/c1-27(2,3)20-28(4,5)31-26-25(30-24-13-9-10-18-32(24)26)22-15-17-23(29-19-22)16-14-21-11-7-6-8-12-21/h6-13,15,17-19,31H,20H2,1-5H3. The maximum atomic E-state index is 4.91. The van der Waals surface area contributed by atoms with E-state index in [4.69, 9.17) is 4.98 Å². The van der Waals surface area contributed by atoms with Gasteiger partial charge >= 0.3 is 0 Å². The molecule has 3 aromatic heterocycles. The predicted octanol–water partition coefficient (Wildman–Crippen LogP) is 6.42. The van der Waals surface area contributed by atoms with Gasteiger partial charge in [-0.1, -0.05) is 51.0 Å². The van der Waals surface area contributed by atoms with Crippen LogP contribution in [0.3, 0.4) is 0 Å². The van der Waals surface area contributed by atoms with E-state index in [9.17, 15) is 0 Å². The number of hydrogen-bond acceptors (Lipinski definition) is 3. The Hall–Kier alpha value is -3.58. The first-order valence-corrected chi connectivity index (χ1v) is 11.0. The number of nitrogens with zero attached hydrogens (tertiary/aromatic N) is 3. The van der Waals surface area contributed by atoms with Crippen molar-refractivity contribution in [3.63, 3.8) is 0 Å². The van der Waals surface area contributed by atoms with E-state index >= 15 is 0 Å². The summed E-state index contributed by atoms with van der Waals surface area (Å²) in [5.74, 6) is 7.29. The van der Waals surface area contributed by atoms with E-state index in [-0.39, 0.29) is 11.0 Å². The van der Waals surface area contributed by atoms with Crippen molar-refractivity contribution in [3.8, 4) is 23.1 Å². The molecule has 0 aliphatic rings. The lowest BCUT2D eigenvalue weighted by Gasteiger charge is -2.34. The summed E-state index contributed by atoms with van der Waals surface area (Å²) in [5, 5.41) is 3.77. The molecule has 0 atom stereocenters. The van der Waals surface area contributed by atoms with Gasteiger partial charge in [0.15, 0.2) is 0 Å². The lowest BCUT2D eigenvalue weighted by molar-refractivity contribution is 0.302. The minimum Gasteiger partial charge on any atom is -0.364 e. The SMILES string of the molecule is CC(C)(C)CC(C)(C)Nc1c(-c2ccc(C#Cc3ccccc3)nc2)nc2ccccn12. The number of hydrogen-bond donors (Lipinski definition) is 1. The molecule has 162 valence electrons. The molecule has 0 amide bonds. The van der Waals surface area contributed by atoms with E-state index in [0.717, 1.165) is 40.4 Å². The Bertz CT molecular complexity index is 1260. The fraction of sp³-hybridized carbons (Fsp3) is 0.286. The van der Waals surface area contributed by atoms with Gasteiger partial charge in [0.25, 0.3) is 0 Å². The number of imidazole rings is 1. The van der Waals surface area contributed by atoms with E-state index in [2.05, 4.69) is 67.4 Å². The molecular formula is C28H30N4. The van der Waals surface area contributed by atoms with Gasteiger partial charge in [0.05, 0.1) is 0 Å². The van der Waals surface area contributed by atoms with Gasteiger partial charge in [-0.15, -0.1) is 0 Å². The minimum atomic E-state index is -0.104. The third kappa shape index (κ3) is 5.18. The number of benzene rings is 1. The van der Waals surface area contributed by atoms with Crippen LogP contribution in [-0.4, -0.2) is 19.9 Å². The molecule has 0 bridgehead atoms. The van der Waals surface area contributed by atoms with Crippen LogP contribution in [0.5, 0.6) is 0 Å². The zero-order chi connectivity index (χ0) is 22.8. The van der Waals surface area contributed by atoms with Crippen LogP contribution in [0.15, 0.2) is 73.1 Å². The van der Waals surface area contributed by atoms with Crippen LogP contribution >= 0.6 is 0 Å². The molecule has 1 aromatic carbocycles. The summed E-state index contributed by atoms with van der Waals surface area (Å²) >= 11 is 0. The average molecular weight is 423 g/mol. The third-order valence-electron chi connectivity index (χ3n) is 5.10. The van der Waals surface area contributed by atoms with Crippen molar-refractivity contribution < 1.29 is 0 Å². The largest absolute Gasteiger partial charge is 0.364 e. The molecule has 3 heterocycles. The summed E-state index contributed by atoms with van der Waals surface area (Å²) in [5.41, 5.74) is 4.59. The smallest absolute Gasteiger partial charge is 0.139 e. The zero-order valence-corrected chi connectivity index (χ0v) is 19.5. The first-order chi connectivity index (χ1) is 15.2. The van der Waals surface area contributed by atoms with Crippen LogP contribution in [-0.2, 0) is 0 Å². The molecule has 4 heteroatoms. The number of nitrogens with one attached hydrogen (secondary N) is 1. The van der Waals surface area contributed by atoms with Gasteiger partial charge in [-0.2, -0.15) is 0 Å². The highest BCUT2D eigenvalue weighted by Crippen LogP contribution is 2.34. The van der Waals surface area contributed by atoms with Crippen molar-refractivity contribution in [1.82, 2.24) is 14.4 Å². The van der Waals surface area contributed by atoms with Gasteiger partial charge in [0, 0.05) is 29.1 Å². The Morgan fingerprint density at radius 3 is 2.31 bits per heavy atom. The number of fused-ring (bicyclic) bond motifs is 1. The summed E-state index contributed by atoms with van der Waals surface area (Å²) in [6.07, 6.45) is 4.93. The molecule has 4 rings (SSSR count). The lowest BCUT2D eigenvalue weighted by Crippen LogP contribution is -2.36. The van der Waals surface area contributed by atoms with Crippen LogP contribution in [0.25, 0.3) is 16.9 Å². The van der Waals surface area contributed by atoms with Crippen LogP contribution in [0, 0.1) is 17.3 Å². The lowest BCUT2D eigenvalue weighted by atomic mass is 9.82. The number of pyridine rings is 2. The minimum absolute atomic E-state index is 0.104. The molecule has 0 fully saturated rings. The van der Waals surface area contributed by atoms with E-state index < -0.39 is 0 Å². The van der Waals surface area contributed by atoms with Crippen molar-refractivity contribution in [2.75, 3.05) is 5.32 Å². The summed E-state index contributed by atoms with van der Waals surface area (Å²) < 4.78 is 2.11. The highest BCUT2D eigenvalue weighted by Gasteiger charge is 2.28. The topological polar surface area (TPSA) is 42.2 Å². The maximum absolute atomic E-state index is 4.91. The van der Waals surface area contributed by atoms with E-state index in [1.54, 1.807) is 0 Å². The van der Waals surface area contributed by atoms with Gasteiger partial charge in [0.2, 0.25) is 0 Å². The Labute approximate surface area is 190 Å². The van der Waals surface area contributed by atoms with Gasteiger partial charge in [-0.25, -0.2) is 9.97 Å². The van der Waals surface area contributed by atoms with E-state index in [0.29, 0.717) is 0 Å². The second-order valence-electron chi connectivity index (χ2n) is 10.0. The van der Waals surface area contributed by atoms with Crippen LogP contribution in [0.1, 0.15) is 52.3 Å². The summed E-state index contributed by atoms with van der Waals surface area (Å²) in [4.78, 5) is 9.50. The molecule has 0 radical (unpaired) electrons. The van der Waals surface area contributed by atoms with Crippen molar-refractivity contribution >= 4 is 11.5 Å². The molecule has 1 N–H and O–H groups in total. The van der Waals surface area contributed by atoms with Crippen LogP contribution < -0.4 is 5.32 Å². The van der Waals surface area contributed by atoms with Crippen molar-refractivity contribution in [2.45, 2.75) is 46.6 Å². The third-order valence-corrected chi connectivity index (χ3v) is 5.10. The molecule has 32 heavy (non-hydrogen) atoms. The Morgan fingerprint density at radius 1 is 0.875 bits per heavy atom. The number of anilines is 1. The fourth-order valence-corrected chi connectivity index (χ4v) is 4.27. The van der Waals surface area contributed by atoms with E-state index in [1.165, 1.54) is 0 Å². The Kier molecular flexibility index (Phi) is 5.76. The van der Waals surface area contributed by atoms with Crippen molar-refractivity contribution in [3.05, 3.63) is 84.3 Å². The molecule has 0 saturated heterocycles. The van der Waals surface area contributed by atoms with E-state index in [1.807, 2.05) is 66.9 Å². The Morgan fingerprint density at radius 2 is 1.62 bits per heavy atom. The van der Waals surface area contributed by atoms with Crippen LogP contribution in [0.4, 0.5) is 5.82 Å². The fourth-order valence-electron chi connectivity index (χ4n) is 4.27. The second-order valence-corrected chi connectivity index (χ2v) is 10.0. The maximum Gasteiger partial charge on any atom is 0.139 e. The molecule has 0 aliphatic heterocycles. The van der Waals surface area contributed by atoms with Gasteiger partial charge in [-0.05, 0) is 68.0 Å². The molecule has 4 nitrogen and oxygen atoms in total. The van der Waals surface area contributed by atoms with Crippen LogP contribution in [0.2, 0.25) is 0 Å². The monoisotopic (exact) mass is 422 g/mol. The molecule has 4 aromatic rings. The normalized spacial score (nSPS) is 11.8. The second kappa shape index (κ2) is 8.51. The molecule has 0 unspecified atom stereocenters. The Balaban J connectivity index is 1.68. The summed E-state index contributed by atoms with van der Waals surface area (Å²) in [6, 6.07) is 20.0. The average Bonchev–Trinajstić information content (AvgIpc) is 3.09. The number of rotatable bonds is 4. The predicted molar refractivity (Wildman–Crippen MR) is 133 cm³/mol. The molecule has 0 saturated carbocycles.